The van der Waals surface area contributed by atoms with Crippen molar-refractivity contribution in [1.29, 1.82) is 0 Å². The van der Waals surface area contributed by atoms with Crippen molar-refractivity contribution in [3.8, 4) is 5.88 Å². The number of pyridine rings is 1. The Hall–Kier alpha value is -1.29. The molecule has 0 amide bonds. The van der Waals surface area contributed by atoms with E-state index in [-0.39, 0.29) is 0 Å². The first kappa shape index (κ1) is 7.81. The molecular weight excluding hydrogens is 142 g/mol. The van der Waals surface area contributed by atoms with Crippen LogP contribution in [0, 0.1) is 0 Å². The van der Waals surface area contributed by atoms with Gasteiger partial charge in [0.25, 0.3) is 0 Å². The number of hydrogen-bond donors (Lipinski definition) is 2. The third-order valence-electron chi connectivity index (χ3n) is 1.13. The molecule has 0 fully saturated rings. The molecule has 0 aliphatic heterocycles. The maximum absolute atomic E-state index is 5.48. The van der Waals surface area contributed by atoms with Crippen molar-refractivity contribution in [1.82, 2.24) is 4.98 Å². The standard InChI is InChI=1S/C7H11N3O/c8-2-4-11-7-5-6(9)1-3-10-7/h1,3,5H,2,4,8H2,(H2,9,10). The van der Waals surface area contributed by atoms with Crippen LogP contribution in [0.25, 0.3) is 0 Å². The zero-order valence-electron chi connectivity index (χ0n) is 6.16. The van der Waals surface area contributed by atoms with E-state index in [0.717, 1.165) is 0 Å². The number of nitrogens with two attached hydrogens (primary N) is 2. The molecule has 0 unspecified atom stereocenters. The van der Waals surface area contributed by atoms with E-state index >= 15 is 0 Å². The van der Waals surface area contributed by atoms with Crippen LogP contribution in [-0.2, 0) is 0 Å². The van der Waals surface area contributed by atoms with Gasteiger partial charge in [-0.3, -0.25) is 0 Å². The van der Waals surface area contributed by atoms with Crippen LogP contribution in [0.5, 0.6) is 5.88 Å². The van der Waals surface area contributed by atoms with Gasteiger partial charge in [0.05, 0.1) is 0 Å². The van der Waals surface area contributed by atoms with Gasteiger partial charge in [0.15, 0.2) is 0 Å². The molecule has 1 aromatic rings. The molecule has 4 heteroatoms. The lowest BCUT2D eigenvalue weighted by Crippen LogP contribution is -2.11. The van der Waals surface area contributed by atoms with Crippen molar-refractivity contribution < 1.29 is 4.74 Å². The molecule has 0 spiro atoms. The third-order valence-corrected chi connectivity index (χ3v) is 1.13. The second-order valence-electron chi connectivity index (χ2n) is 2.06. The second kappa shape index (κ2) is 3.78. The molecule has 0 atom stereocenters. The van der Waals surface area contributed by atoms with Gasteiger partial charge in [0.1, 0.15) is 6.61 Å². The Bertz CT molecular complexity index is 227. The van der Waals surface area contributed by atoms with Crippen LogP contribution in [0.1, 0.15) is 0 Å². The molecule has 0 aliphatic carbocycles. The summed E-state index contributed by atoms with van der Waals surface area (Å²) in [5.74, 6) is 0.524. The van der Waals surface area contributed by atoms with Crippen LogP contribution in [0.15, 0.2) is 18.3 Å². The number of ether oxygens (including phenoxy) is 1. The Morgan fingerprint density at radius 2 is 2.36 bits per heavy atom. The molecule has 60 valence electrons. The van der Waals surface area contributed by atoms with Crippen LogP contribution in [-0.4, -0.2) is 18.1 Å². The molecular formula is C7H11N3O. The highest BCUT2D eigenvalue weighted by Gasteiger charge is 1.92. The van der Waals surface area contributed by atoms with E-state index < -0.39 is 0 Å². The fourth-order valence-corrected chi connectivity index (χ4v) is 0.667. The maximum Gasteiger partial charge on any atom is 0.215 e. The summed E-state index contributed by atoms with van der Waals surface area (Å²) in [6.07, 6.45) is 1.60. The summed E-state index contributed by atoms with van der Waals surface area (Å²) in [5, 5.41) is 0. The number of rotatable bonds is 3. The number of hydrogen-bond acceptors (Lipinski definition) is 4. The van der Waals surface area contributed by atoms with Crippen molar-refractivity contribution in [2.75, 3.05) is 18.9 Å². The summed E-state index contributed by atoms with van der Waals surface area (Å²) < 4.78 is 5.12. The van der Waals surface area contributed by atoms with Gasteiger partial charge < -0.3 is 16.2 Å². The van der Waals surface area contributed by atoms with Crippen LogP contribution in [0.3, 0.4) is 0 Å². The first-order valence-electron chi connectivity index (χ1n) is 3.37. The topological polar surface area (TPSA) is 74.2 Å². The summed E-state index contributed by atoms with van der Waals surface area (Å²) in [6, 6.07) is 3.37. The lowest BCUT2D eigenvalue weighted by molar-refractivity contribution is 0.316. The lowest BCUT2D eigenvalue weighted by Gasteiger charge is -2.02. The minimum atomic E-state index is 0.469. The van der Waals surface area contributed by atoms with E-state index in [1.54, 1.807) is 18.3 Å². The Labute approximate surface area is 65.2 Å². The number of nitrogens with zero attached hydrogens (tertiary/aromatic N) is 1. The predicted molar refractivity (Wildman–Crippen MR) is 43.2 cm³/mol. The molecule has 1 rings (SSSR count). The minimum Gasteiger partial charge on any atom is -0.476 e. The van der Waals surface area contributed by atoms with Gasteiger partial charge in [0, 0.05) is 24.5 Å². The number of nitrogen functional groups attached to an aromatic ring is 1. The molecule has 0 aliphatic rings. The van der Waals surface area contributed by atoms with Crippen LogP contribution in [0.4, 0.5) is 5.69 Å². The van der Waals surface area contributed by atoms with Gasteiger partial charge in [0.2, 0.25) is 5.88 Å². The van der Waals surface area contributed by atoms with Gasteiger partial charge in [-0.25, -0.2) is 4.98 Å². The van der Waals surface area contributed by atoms with Gasteiger partial charge in [-0.05, 0) is 6.07 Å². The normalized spacial score (nSPS) is 9.55. The largest absolute Gasteiger partial charge is 0.476 e. The van der Waals surface area contributed by atoms with Crippen LogP contribution in [0.2, 0.25) is 0 Å². The number of aromatic nitrogens is 1. The van der Waals surface area contributed by atoms with Gasteiger partial charge >= 0.3 is 0 Å². The average Bonchev–Trinajstić information content (AvgIpc) is 2.01. The van der Waals surface area contributed by atoms with Crippen molar-refractivity contribution in [3.05, 3.63) is 18.3 Å². The van der Waals surface area contributed by atoms with E-state index in [1.807, 2.05) is 0 Å². The fraction of sp³-hybridized carbons (Fsp3) is 0.286. The number of anilines is 1. The molecule has 4 N–H and O–H groups in total. The van der Waals surface area contributed by atoms with E-state index in [9.17, 15) is 0 Å². The fourth-order valence-electron chi connectivity index (χ4n) is 0.667. The van der Waals surface area contributed by atoms with E-state index in [0.29, 0.717) is 24.7 Å². The zero-order valence-corrected chi connectivity index (χ0v) is 6.16. The zero-order chi connectivity index (χ0) is 8.10. The van der Waals surface area contributed by atoms with E-state index in [1.165, 1.54) is 0 Å². The van der Waals surface area contributed by atoms with Crippen molar-refractivity contribution in [2.24, 2.45) is 5.73 Å². The van der Waals surface area contributed by atoms with Crippen molar-refractivity contribution in [3.63, 3.8) is 0 Å². The minimum absolute atomic E-state index is 0.469. The van der Waals surface area contributed by atoms with Gasteiger partial charge in [-0.2, -0.15) is 0 Å². The maximum atomic E-state index is 5.48. The Morgan fingerprint density at radius 3 is 3.00 bits per heavy atom. The molecule has 0 bridgehead atoms. The lowest BCUT2D eigenvalue weighted by atomic mass is 10.4. The molecule has 0 saturated heterocycles. The smallest absolute Gasteiger partial charge is 0.215 e. The first-order chi connectivity index (χ1) is 5.33. The summed E-state index contributed by atoms with van der Waals surface area (Å²) in [4.78, 5) is 3.92. The van der Waals surface area contributed by atoms with E-state index in [2.05, 4.69) is 4.98 Å². The molecule has 0 saturated carbocycles. The highest BCUT2D eigenvalue weighted by atomic mass is 16.5. The van der Waals surface area contributed by atoms with E-state index in [4.69, 9.17) is 16.2 Å². The molecule has 11 heavy (non-hydrogen) atoms. The SMILES string of the molecule is NCCOc1cc(N)ccn1. The monoisotopic (exact) mass is 153 g/mol. The Balaban J connectivity index is 2.56. The summed E-state index contributed by atoms with van der Waals surface area (Å²) >= 11 is 0. The molecule has 4 nitrogen and oxygen atoms in total. The summed E-state index contributed by atoms with van der Waals surface area (Å²) in [7, 11) is 0. The first-order valence-corrected chi connectivity index (χ1v) is 3.37. The second-order valence-corrected chi connectivity index (χ2v) is 2.06. The highest BCUT2D eigenvalue weighted by Crippen LogP contribution is 2.09. The molecule has 1 aromatic heterocycles. The van der Waals surface area contributed by atoms with Crippen molar-refractivity contribution in [2.45, 2.75) is 0 Å². The molecule has 0 radical (unpaired) electrons. The van der Waals surface area contributed by atoms with Crippen LogP contribution >= 0.6 is 0 Å². The van der Waals surface area contributed by atoms with Crippen molar-refractivity contribution >= 4 is 5.69 Å². The summed E-state index contributed by atoms with van der Waals surface area (Å²) in [5.41, 5.74) is 11.4. The highest BCUT2D eigenvalue weighted by molar-refractivity contribution is 5.39. The molecule has 1 heterocycles. The predicted octanol–water partition coefficient (Wildman–Crippen LogP) is 0.00130. The molecule has 0 aromatic carbocycles. The van der Waals surface area contributed by atoms with Gasteiger partial charge in [-0.15, -0.1) is 0 Å². The average molecular weight is 153 g/mol. The third kappa shape index (κ3) is 2.43. The van der Waals surface area contributed by atoms with Gasteiger partial charge in [-0.1, -0.05) is 0 Å². The van der Waals surface area contributed by atoms with Crippen LogP contribution < -0.4 is 16.2 Å². The Kier molecular flexibility index (Phi) is 2.68. The quantitative estimate of drug-likeness (QED) is 0.641. The Morgan fingerprint density at radius 1 is 1.55 bits per heavy atom. The summed E-state index contributed by atoms with van der Waals surface area (Å²) in [6.45, 7) is 0.951.